The Morgan fingerprint density at radius 3 is 2.00 bits per heavy atom. The van der Waals surface area contributed by atoms with Crippen LogP contribution in [0.1, 0.15) is 52.8 Å². The molecule has 0 atom stereocenters. The number of para-hydroxylation sites is 1. The zero-order valence-corrected chi connectivity index (χ0v) is 31.0. The Morgan fingerprint density at radius 2 is 1.30 bits per heavy atom. The number of allylic oxidation sites excluding steroid dienone is 9. The molecular formula is C52H45NO. The topological polar surface area (TPSA) is 12.5 Å². The highest BCUT2D eigenvalue weighted by Crippen LogP contribution is 2.37. The van der Waals surface area contributed by atoms with E-state index in [1.165, 1.54) is 33.4 Å². The largest absolute Gasteiger partial charge is 0.456 e. The van der Waals surface area contributed by atoms with Gasteiger partial charge in [-0.3, -0.25) is 0 Å². The molecule has 6 aromatic rings. The first-order chi connectivity index (χ1) is 26.6. The van der Waals surface area contributed by atoms with Gasteiger partial charge in [-0.25, -0.2) is 0 Å². The number of nitrogens with zero attached hydrogens (tertiary/aromatic N) is 1. The van der Waals surface area contributed by atoms with E-state index in [-0.39, 0.29) is 0 Å². The lowest BCUT2D eigenvalue weighted by Crippen LogP contribution is -2.10. The van der Waals surface area contributed by atoms with Gasteiger partial charge in [-0.05, 0) is 126 Å². The summed E-state index contributed by atoms with van der Waals surface area (Å²) in [5.41, 5.74) is 13.7. The van der Waals surface area contributed by atoms with Crippen molar-refractivity contribution in [2.75, 3.05) is 4.90 Å². The van der Waals surface area contributed by atoms with Crippen LogP contribution < -0.4 is 9.64 Å². The van der Waals surface area contributed by atoms with Crippen molar-refractivity contribution in [3.63, 3.8) is 0 Å². The number of benzene rings is 6. The molecule has 6 aromatic carbocycles. The molecule has 0 N–H and O–H groups in total. The van der Waals surface area contributed by atoms with Gasteiger partial charge in [0.1, 0.15) is 11.5 Å². The van der Waals surface area contributed by atoms with Crippen LogP contribution in [0.3, 0.4) is 0 Å². The smallest absolute Gasteiger partial charge is 0.135 e. The first-order valence-electron chi connectivity index (χ1n) is 18.6. The van der Waals surface area contributed by atoms with Crippen LogP contribution in [0.25, 0.3) is 23.0 Å². The Kier molecular flexibility index (Phi) is 11.4. The second-order valence-electron chi connectivity index (χ2n) is 13.3. The van der Waals surface area contributed by atoms with Crippen LogP contribution in [0.4, 0.5) is 17.1 Å². The van der Waals surface area contributed by atoms with Gasteiger partial charge in [0.25, 0.3) is 0 Å². The van der Waals surface area contributed by atoms with Crippen LogP contribution in [0.2, 0.25) is 0 Å². The SMILES string of the molecule is C=C1/C=C\C=C(\c2ccc(N(c3ccc(C/C=C\C(=C/C)c4ccccc4)cc3)c3ccc(Cc4ccccc4/C=C\C)cc3)cc2)Oc2ccccc21. The van der Waals surface area contributed by atoms with Crippen molar-refractivity contribution in [3.05, 3.63) is 240 Å². The number of anilines is 3. The number of ether oxygens (including phenoxy) is 1. The maximum atomic E-state index is 6.46. The van der Waals surface area contributed by atoms with E-state index in [2.05, 4.69) is 183 Å². The molecule has 54 heavy (non-hydrogen) atoms. The second-order valence-corrected chi connectivity index (χ2v) is 13.3. The number of rotatable bonds is 11. The first kappa shape index (κ1) is 35.7. The Balaban J connectivity index is 1.17. The fourth-order valence-corrected chi connectivity index (χ4v) is 6.80. The van der Waals surface area contributed by atoms with Gasteiger partial charge in [-0.2, -0.15) is 0 Å². The van der Waals surface area contributed by atoms with Crippen LogP contribution in [-0.4, -0.2) is 0 Å². The van der Waals surface area contributed by atoms with E-state index in [1.807, 2.05) is 42.5 Å². The van der Waals surface area contributed by atoms with E-state index >= 15 is 0 Å². The average Bonchev–Trinajstić information content (AvgIpc) is 3.21. The minimum atomic E-state index is 0.789. The number of hydrogen-bond acceptors (Lipinski definition) is 2. The molecule has 2 nitrogen and oxygen atoms in total. The van der Waals surface area contributed by atoms with E-state index in [0.717, 1.165) is 58.1 Å². The third kappa shape index (κ3) is 8.52. The van der Waals surface area contributed by atoms with Crippen molar-refractivity contribution in [1.29, 1.82) is 0 Å². The van der Waals surface area contributed by atoms with Crippen molar-refractivity contribution in [2.45, 2.75) is 26.7 Å². The molecule has 264 valence electrons. The molecule has 0 saturated carbocycles. The summed E-state index contributed by atoms with van der Waals surface area (Å²) in [5.74, 6) is 1.59. The molecule has 0 aromatic heterocycles. The van der Waals surface area contributed by atoms with Gasteiger partial charge in [0, 0.05) is 28.2 Å². The molecule has 1 heterocycles. The molecule has 0 unspecified atom stereocenters. The first-order valence-corrected chi connectivity index (χ1v) is 18.6. The lowest BCUT2D eigenvalue weighted by atomic mass is 9.99. The molecule has 7 rings (SSSR count). The van der Waals surface area contributed by atoms with Gasteiger partial charge in [0.05, 0.1) is 0 Å². The summed E-state index contributed by atoms with van der Waals surface area (Å²) in [4.78, 5) is 2.32. The summed E-state index contributed by atoms with van der Waals surface area (Å²) in [6.45, 7) is 8.37. The highest BCUT2D eigenvalue weighted by molar-refractivity contribution is 5.81. The highest BCUT2D eigenvalue weighted by Gasteiger charge is 2.16. The minimum absolute atomic E-state index is 0.789. The number of hydrogen-bond donors (Lipinski definition) is 0. The van der Waals surface area contributed by atoms with Crippen LogP contribution in [-0.2, 0) is 12.8 Å². The minimum Gasteiger partial charge on any atom is -0.456 e. The van der Waals surface area contributed by atoms with E-state index in [1.54, 1.807) is 0 Å². The molecular weight excluding hydrogens is 655 g/mol. The zero-order chi connectivity index (χ0) is 37.1. The van der Waals surface area contributed by atoms with Crippen molar-refractivity contribution >= 4 is 40.0 Å². The maximum absolute atomic E-state index is 6.46. The zero-order valence-electron chi connectivity index (χ0n) is 31.0. The molecule has 1 aliphatic rings. The molecule has 1 aliphatic heterocycles. The number of fused-ring (bicyclic) bond motifs is 1. The summed E-state index contributed by atoms with van der Waals surface area (Å²) >= 11 is 0. The fourth-order valence-electron chi connectivity index (χ4n) is 6.80. The summed E-state index contributed by atoms with van der Waals surface area (Å²) in [7, 11) is 0. The van der Waals surface area contributed by atoms with Crippen molar-refractivity contribution in [2.24, 2.45) is 0 Å². The molecule has 0 aliphatic carbocycles. The highest BCUT2D eigenvalue weighted by atomic mass is 16.5. The van der Waals surface area contributed by atoms with Gasteiger partial charge in [-0.1, -0.05) is 146 Å². The predicted octanol–water partition coefficient (Wildman–Crippen LogP) is 14.0. The Hall–Kier alpha value is -6.64. The van der Waals surface area contributed by atoms with Crippen LogP contribution >= 0.6 is 0 Å². The average molecular weight is 700 g/mol. The van der Waals surface area contributed by atoms with Gasteiger partial charge in [-0.15, -0.1) is 0 Å². The van der Waals surface area contributed by atoms with Crippen molar-refractivity contribution in [3.8, 4) is 5.75 Å². The summed E-state index contributed by atoms with van der Waals surface area (Å²) in [6.07, 6.45) is 18.7. The van der Waals surface area contributed by atoms with Crippen LogP contribution in [0.5, 0.6) is 5.75 Å². The lowest BCUT2D eigenvalue weighted by Gasteiger charge is -2.26. The third-order valence-electron chi connectivity index (χ3n) is 9.66. The van der Waals surface area contributed by atoms with Gasteiger partial charge < -0.3 is 9.64 Å². The lowest BCUT2D eigenvalue weighted by molar-refractivity contribution is 0.513. The van der Waals surface area contributed by atoms with E-state index in [0.29, 0.717) is 0 Å². The molecule has 0 saturated heterocycles. The monoisotopic (exact) mass is 699 g/mol. The van der Waals surface area contributed by atoms with E-state index < -0.39 is 0 Å². The molecule has 0 spiro atoms. The molecule has 2 heteroatoms. The summed E-state index contributed by atoms with van der Waals surface area (Å²) in [6, 6.07) is 53.7. The predicted molar refractivity (Wildman–Crippen MR) is 231 cm³/mol. The molecule has 0 radical (unpaired) electrons. The third-order valence-corrected chi connectivity index (χ3v) is 9.66. The standard InChI is InChI=1S/C52H45NO/c1-4-15-43-20-9-10-21-46(43)38-41-28-34-48(35-29-41)53(47-32-26-40(27-33-47)17-14-22-42(5-2)44-18-7-6-8-19-44)49-36-30-45(31-37-49)51-25-13-16-39(3)50-23-11-12-24-52(50)54-51/h4-16,18-37H,3,17,38H2,1-2H3/b15-4-,16-13-,22-14-,42-5+,51-25-. The quantitative estimate of drug-likeness (QED) is 0.125. The molecule has 0 amide bonds. The van der Waals surface area contributed by atoms with Crippen LogP contribution in [0.15, 0.2) is 201 Å². The van der Waals surface area contributed by atoms with Gasteiger partial charge in [0.15, 0.2) is 0 Å². The summed E-state index contributed by atoms with van der Waals surface area (Å²) < 4.78 is 6.46. The van der Waals surface area contributed by atoms with Gasteiger partial charge >= 0.3 is 0 Å². The van der Waals surface area contributed by atoms with E-state index in [4.69, 9.17) is 4.74 Å². The summed E-state index contributed by atoms with van der Waals surface area (Å²) in [5, 5.41) is 0. The fraction of sp³-hybridized carbons (Fsp3) is 0.0769. The normalized spacial score (nSPS) is 14.5. The second kappa shape index (κ2) is 17.3. The molecule has 0 bridgehead atoms. The van der Waals surface area contributed by atoms with Crippen molar-refractivity contribution < 1.29 is 4.74 Å². The Labute approximate surface area is 320 Å². The Bertz CT molecular complexity index is 2350. The van der Waals surface area contributed by atoms with Gasteiger partial charge in [0.2, 0.25) is 0 Å². The van der Waals surface area contributed by atoms with E-state index in [9.17, 15) is 0 Å². The van der Waals surface area contributed by atoms with Crippen molar-refractivity contribution in [1.82, 2.24) is 0 Å². The Morgan fingerprint density at radius 1 is 0.667 bits per heavy atom. The van der Waals surface area contributed by atoms with Crippen LogP contribution in [0, 0.1) is 0 Å². The maximum Gasteiger partial charge on any atom is 0.135 e. The molecule has 0 fully saturated rings.